The van der Waals surface area contributed by atoms with Crippen molar-refractivity contribution in [1.29, 1.82) is 0 Å². The molecular weight excluding hydrogens is 727 g/mol. The summed E-state index contributed by atoms with van der Waals surface area (Å²) >= 11 is 0. The van der Waals surface area contributed by atoms with Crippen LogP contribution in [0, 0.1) is 0 Å². The van der Waals surface area contributed by atoms with Gasteiger partial charge in [0.25, 0.3) is 5.91 Å². The average molecular weight is 780 g/mol. The number of amides is 3. The van der Waals surface area contributed by atoms with Crippen molar-refractivity contribution in [2.45, 2.75) is 103 Å². The topological polar surface area (TPSA) is 197 Å². The van der Waals surface area contributed by atoms with Gasteiger partial charge in [0.05, 0.1) is 13.0 Å². The molecule has 0 saturated carbocycles. The van der Waals surface area contributed by atoms with E-state index in [9.17, 15) is 29.1 Å². The number of unbranched alkanes of at least 4 members (excludes halogenated alkanes) is 4. The Bertz CT molecular complexity index is 1960. The number of carboxylic acid groups (broad SMARTS) is 2. The Morgan fingerprint density at radius 3 is 1.89 bits per heavy atom. The molecule has 0 bridgehead atoms. The molecule has 3 unspecified atom stereocenters. The highest BCUT2D eigenvalue weighted by molar-refractivity contribution is 5.98. The van der Waals surface area contributed by atoms with Crippen molar-refractivity contribution in [2.24, 2.45) is 0 Å². The van der Waals surface area contributed by atoms with Gasteiger partial charge in [0, 0.05) is 35.5 Å². The van der Waals surface area contributed by atoms with E-state index in [-0.39, 0.29) is 11.8 Å². The number of carbonyl (C=O) groups is 5. The predicted molar refractivity (Wildman–Crippen MR) is 217 cm³/mol. The van der Waals surface area contributed by atoms with Gasteiger partial charge in [0.15, 0.2) is 5.82 Å². The van der Waals surface area contributed by atoms with Crippen molar-refractivity contribution in [3.05, 3.63) is 102 Å². The van der Waals surface area contributed by atoms with Gasteiger partial charge in [-0.25, -0.2) is 14.8 Å². The fraction of sp³-hybridized carbons (Fsp3) is 0.386. The Morgan fingerprint density at radius 2 is 1.32 bits per heavy atom. The predicted octanol–water partition coefficient (Wildman–Crippen LogP) is 6.35. The minimum atomic E-state index is -1.69. The molecule has 13 nitrogen and oxygen atoms in total. The Morgan fingerprint density at radius 1 is 0.702 bits per heavy atom. The average Bonchev–Trinajstić information content (AvgIpc) is 3.18. The molecule has 5 N–H and O–H groups in total. The van der Waals surface area contributed by atoms with Gasteiger partial charge in [0.1, 0.15) is 23.9 Å². The highest BCUT2D eigenvalue weighted by atomic mass is 16.5. The first-order valence-corrected chi connectivity index (χ1v) is 19.3. The summed E-state index contributed by atoms with van der Waals surface area (Å²) in [5.74, 6) is -3.79. The van der Waals surface area contributed by atoms with Crippen LogP contribution in [-0.2, 0) is 31.0 Å². The van der Waals surface area contributed by atoms with E-state index in [0.717, 1.165) is 28.9 Å². The Kier molecular flexibility index (Phi) is 15.8. The van der Waals surface area contributed by atoms with E-state index in [2.05, 4.69) is 32.8 Å². The fourth-order valence-corrected chi connectivity index (χ4v) is 5.88. The maximum atomic E-state index is 13.6. The molecule has 57 heavy (non-hydrogen) atoms. The summed E-state index contributed by atoms with van der Waals surface area (Å²) in [6.45, 7) is 10.3. The number of ether oxygens (including phenoxy) is 1. The zero-order valence-corrected chi connectivity index (χ0v) is 33.2. The quantitative estimate of drug-likeness (QED) is 0.0631. The van der Waals surface area contributed by atoms with Crippen LogP contribution in [-0.4, -0.2) is 74.6 Å². The van der Waals surface area contributed by atoms with Crippen molar-refractivity contribution >= 4 is 29.7 Å². The van der Waals surface area contributed by atoms with E-state index >= 15 is 0 Å². The third-order valence-electron chi connectivity index (χ3n) is 9.40. The van der Waals surface area contributed by atoms with Gasteiger partial charge in [-0.05, 0) is 59.7 Å². The largest absolute Gasteiger partial charge is 0.494 e. The summed E-state index contributed by atoms with van der Waals surface area (Å²) in [5, 5.41) is 26.2. The van der Waals surface area contributed by atoms with Gasteiger partial charge in [-0.15, -0.1) is 0 Å². The van der Waals surface area contributed by atoms with Crippen molar-refractivity contribution < 1.29 is 38.9 Å². The van der Waals surface area contributed by atoms with E-state index in [1.54, 1.807) is 48.8 Å². The normalized spacial score (nSPS) is 12.8. The van der Waals surface area contributed by atoms with E-state index in [1.807, 2.05) is 57.2 Å². The molecule has 1 heterocycles. The molecular formula is C44H53N5O8. The van der Waals surface area contributed by atoms with Crippen LogP contribution in [0.4, 0.5) is 0 Å². The molecule has 302 valence electrons. The number of nitrogens with one attached hydrogen (secondary N) is 3. The maximum Gasteiger partial charge on any atom is 0.326 e. The number of carbonyl (C=O) groups excluding carboxylic acids is 3. The first-order chi connectivity index (χ1) is 27.1. The number of carboxylic acids is 2. The minimum Gasteiger partial charge on any atom is -0.494 e. The van der Waals surface area contributed by atoms with Crippen LogP contribution >= 0.6 is 0 Å². The summed E-state index contributed by atoms with van der Waals surface area (Å²) < 4.78 is 5.88. The number of rotatable bonds is 20. The standard InChI is InChI=1S/C44H53N5O8/c1-6-7-8-9-10-23-57-35-21-17-30(18-22-35)33-26-45-39(46-27-33)31-13-11-29(12-14-31)24-36(48-40(51)32-15-19-34(20-16-32)44(3,4)5)41(52)49-37(43(55)56)25-38(50)47-28(2)42(53)54/h11-22,26-28,36-37H,6-10,23-25H2,1-5H3,(H,47,50)(H,48,51)(H,49,52)(H,53,54)(H,55,56). The number of nitrogens with zero attached hydrogens (tertiary/aromatic N) is 2. The Hall–Kier alpha value is -6.11. The van der Waals surface area contributed by atoms with Crippen LogP contribution < -0.4 is 20.7 Å². The maximum absolute atomic E-state index is 13.6. The first kappa shape index (κ1) is 43.6. The molecule has 0 aliphatic rings. The van der Waals surface area contributed by atoms with Crippen molar-refractivity contribution in [3.8, 4) is 28.3 Å². The fourth-order valence-electron chi connectivity index (χ4n) is 5.88. The zero-order valence-electron chi connectivity index (χ0n) is 33.2. The number of hydrogen-bond acceptors (Lipinski definition) is 8. The van der Waals surface area contributed by atoms with E-state index < -0.39 is 54.2 Å². The van der Waals surface area contributed by atoms with Crippen LogP contribution in [0.5, 0.6) is 5.75 Å². The summed E-state index contributed by atoms with van der Waals surface area (Å²) in [5.41, 5.74) is 4.30. The molecule has 3 amide bonds. The van der Waals surface area contributed by atoms with Gasteiger partial charge in [-0.2, -0.15) is 0 Å². The monoisotopic (exact) mass is 779 g/mol. The second-order valence-corrected chi connectivity index (χ2v) is 15.1. The molecule has 0 saturated heterocycles. The Labute approximate surface area is 333 Å². The van der Waals surface area contributed by atoms with E-state index in [1.165, 1.54) is 32.6 Å². The number of aliphatic carboxylic acids is 2. The van der Waals surface area contributed by atoms with Gasteiger partial charge in [-0.1, -0.05) is 102 Å². The first-order valence-electron chi connectivity index (χ1n) is 19.3. The molecule has 4 aromatic rings. The van der Waals surface area contributed by atoms with Crippen molar-refractivity contribution in [3.63, 3.8) is 0 Å². The molecule has 3 aromatic carbocycles. The third kappa shape index (κ3) is 13.6. The van der Waals surface area contributed by atoms with Crippen LogP contribution in [0.3, 0.4) is 0 Å². The highest BCUT2D eigenvalue weighted by Crippen LogP contribution is 2.25. The molecule has 13 heteroatoms. The summed E-state index contributed by atoms with van der Waals surface area (Å²) in [4.78, 5) is 71.8. The van der Waals surface area contributed by atoms with E-state index in [4.69, 9.17) is 9.84 Å². The van der Waals surface area contributed by atoms with E-state index in [0.29, 0.717) is 29.1 Å². The molecule has 0 spiro atoms. The smallest absolute Gasteiger partial charge is 0.326 e. The van der Waals surface area contributed by atoms with Crippen LogP contribution in [0.25, 0.3) is 22.5 Å². The molecule has 3 atom stereocenters. The second kappa shape index (κ2) is 20.7. The summed E-state index contributed by atoms with van der Waals surface area (Å²) in [7, 11) is 0. The molecule has 0 radical (unpaired) electrons. The third-order valence-corrected chi connectivity index (χ3v) is 9.40. The van der Waals surface area contributed by atoms with Gasteiger partial charge >= 0.3 is 11.9 Å². The number of hydrogen-bond donors (Lipinski definition) is 5. The molecule has 1 aromatic heterocycles. The molecule has 0 aliphatic heterocycles. The lowest BCUT2D eigenvalue weighted by Crippen LogP contribution is -2.53. The summed E-state index contributed by atoms with van der Waals surface area (Å²) in [6.07, 6.45) is 8.63. The van der Waals surface area contributed by atoms with Crippen molar-refractivity contribution in [2.75, 3.05) is 6.61 Å². The molecule has 0 fully saturated rings. The van der Waals surface area contributed by atoms with Crippen molar-refractivity contribution in [1.82, 2.24) is 25.9 Å². The van der Waals surface area contributed by atoms with Gasteiger partial charge < -0.3 is 30.9 Å². The van der Waals surface area contributed by atoms with Crippen LogP contribution in [0.2, 0.25) is 0 Å². The number of benzene rings is 3. The Balaban J connectivity index is 1.46. The minimum absolute atomic E-state index is 0.0229. The summed E-state index contributed by atoms with van der Waals surface area (Å²) in [6, 6.07) is 17.7. The highest BCUT2D eigenvalue weighted by Gasteiger charge is 2.30. The molecule has 4 rings (SSSR count). The van der Waals surface area contributed by atoms with Crippen LogP contribution in [0.1, 0.15) is 94.6 Å². The zero-order chi connectivity index (χ0) is 41.5. The lowest BCUT2D eigenvalue weighted by Gasteiger charge is -2.22. The van der Waals surface area contributed by atoms with Gasteiger partial charge in [0.2, 0.25) is 11.8 Å². The lowest BCUT2D eigenvalue weighted by molar-refractivity contribution is -0.144. The second-order valence-electron chi connectivity index (χ2n) is 15.1. The number of aromatic nitrogens is 2. The lowest BCUT2D eigenvalue weighted by atomic mass is 9.86. The SMILES string of the molecule is CCCCCCCOc1ccc(-c2cnc(-c3ccc(CC(NC(=O)c4ccc(C(C)(C)C)cc4)C(=O)NC(CC(=O)NC(C)C(=O)O)C(=O)O)cc3)nc2)cc1. The molecule has 0 aliphatic carbocycles. The van der Waals surface area contributed by atoms with Gasteiger partial charge in [-0.3, -0.25) is 19.2 Å². The van der Waals surface area contributed by atoms with Crippen LogP contribution in [0.15, 0.2) is 85.2 Å².